The van der Waals surface area contributed by atoms with E-state index in [1.807, 2.05) is 23.7 Å². The van der Waals surface area contributed by atoms with Gasteiger partial charge in [0.2, 0.25) is 0 Å². The molecule has 0 aliphatic carbocycles. The predicted octanol–water partition coefficient (Wildman–Crippen LogP) is 5.51. The van der Waals surface area contributed by atoms with Crippen LogP contribution in [0.3, 0.4) is 0 Å². The zero-order chi connectivity index (χ0) is 15.5. The highest BCUT2D eigenvalue weighted by Gasteiger charge is 2.04. The molecule has 1 aromatic heterocycles. The van der Waals surface area contributed by atoms with Gasteiger partial charge >= 0.3 is 0 Å². The van der Waals surface area contributed by atoms with Crippen LogP contribution >= 0.6 is 11.3 Å². The molecule has 0 radical (unpaired) electrons. The molecule has 0 unspecified atom stereocenters. The molecular formula is C20H14N2S. The zero-order valence-electron chi connectivity index (χ0n) is 12.4. The van der Waals surface area contributed by atoms with Gasteiger partial charge in [0.05, 0.1) is 12.4 Å². The highest BCUT2D eigenvalue weighted by atomic mass is 32.1. The van der Waals surface area contributed by atoms with Gasteiger partial charge in [-0.25, -0.2) is 0 Å². The maximum absolute atomic E-state index is 4.27. The maximum atomic E-state index is 4.27. The van der Waals surface area contributed by atoms with E-state index in [9.17, 15) is 0 Å². The molecule has 2 nitrogen and oxygen atoms in total. The number of hydrogen-bond donors (Lipinski definition) is 0. The second kappa shape index (κ2) is 6.15. The van der Waals surface area contributed by atoms with Gasteiger partial charge in [0.1, 0.15) is 0 Å². The van der Waals surface area contributed by atoms with E-state index < -0.39 is 0 Å². The van der Waals surface area contributed by atoms with Gasteiger partial charge in [-0.1, -0.05) is 54.6 Å². The molecule has 0 saturated heterocycles. The minimum atomic E-state index is 1.10. The fourth-order valence-corrected chi connectivity index (χ4v) is 3.31. The number of fused-ring (bicyclic) bond motifs is 2. The molecular weight excluding hydrogens is 300 g/mol. The van der Waals surface area contributed by atoms with E-state index >= 15 is 0 Å². The van der Waals surface area contributed by atoms with E-state index in [-0.39, 0.29) is 0 Å². The van der Waals surface area contributed by atoms with Gasteiger partial charge in [-0.05, 0) is 39.1 Å². The van der Waals surface area contributed by atoms with Gasteiger partial charge in [0.25, 0.3) is 0 Å². The summed E-state index contributed by atoms with van der Waals surface area (Å²) in [5.41, 5.74) is 1.11. The van der Waals surface area contributed by atoms with E-state index in [1.54, 1.807) is 17.6 Å². The van der Waals surface area contributed by atoms with Crippen molar-refractivity contribution in [3.8, 4) is 0 Å². The molecule has 0 bridgehead atoms. The van der Waals surface area contributed by atoms with E-state index in [0.717, 1.165) is 10.4 Å². The summed E-state index contributed by atoms with van der Waals surface area (Å²) in [7, 11) is 0. The zero-order valence-corrected chi connectivity index (χ0v) is 13.2. The van der Waals surface area contributed by atoms with Crippen molar-refractivity contribution >= 4 is 45.3 Å². The summed E-state index contributed by atoms with van der Waals surface area (Å²) in [4.78, 5) is 1.10. The average molecular weight is 314 g/mol. The number of thiophene rings is 1. The van der Waals surface area contributed by atoms with Crippen molar-refractivity contribution in [1.29, 1.82) is 0 Å². The van der Waals surface area contributed by atoms with E-state index in [0.29, 0.717) is 0 Å². The van der Waals surface area contributed by atoms with Crippen LogP contribution in [0, 0.1) is 0 Å². The highest BCUT2D eigenvalue weighted by molar-refractivity contribution is 7.11. The Balaban J connectivity index is 1.82. The summed E-state index contributed by atoms with van der Waals surface area (Å²) in [5.74, 6) is 0. The lowest BCUT2D eigenvalue weighted by Gasteiger charge is -2.07. The molecule has 0 aliphatic rings. The minimum absolute atomic E-state index is 1.10. The molecule has 0 aliphatic heterocycles. The summed E-state index contributed by atoms with van der Waals surface area (Å²) in [6, 6.07) is 23.0. The van der Waals surface area contributed by atoms with Crippen LogP contribution in [0.4, 0.5) is 0 Å². The number of benzene rings is 3. The Morgan fingerprint density at radius 1 is 0.696 bits per heavy atom. The minimum Gasteiger partial charge on any atom is -0.158 e. The Kier molecular flexibility index (Phi) is 3.70. The quantitative estimate of drug-likeness (QED) is 0.271. The monoisotopic (exact) mass is 314 g/mol. The van der Waals surface area contributed by atoms with Crippen molar-refractivity contribution in [2.45, 2.75) is 0 Å². The first-order valence-electron chi connectivity index (χ1n) is 7.42. The molecule has 1 heterocycles. The molecule has 0 saturated carbocycles. The van der Waals surface area contributed by atoms with Crippen LogP contribution in [-0.4, -0.2) is 12.4 Å². The van der Waals surface area contributed by atoms with Gasteiger partial charge in [0.15, 0.2) is 0 Å². The van der Waals surface area contributed by atoms with Crippen LogP contribution in [0.5, 0.6) is 0 Å². The Hall–Kier alpha value is -2.78. The molecule has 0 atom stereocenters. The second-order valence-corrected chi connectivity index (χ2v) is 6.22. The normalized spacial score (nSPS) is 12.0. The largest absolute Gasteiger partial charge is 0.158 e. The lowest BCUT2D eigenvalue weighted by molar-refractivity contribution is 1.27. The molecule has 4 aromatic rings. The van der Waals surface area contributed by atoms with Crippen molar-refractivity contribution in [2.24, 2.45) is 10.2 Å². The standard InChI is InChI=1S/C20H14N2S/c1-3-9-18-15(6-1)12-16-7-2-4-10-19(16)20(18)14-22-21-13-17-8-5-11-23-17/h1-14H/b21-13+,22-14+. The van der Waals surface area contributed by atoms with Gasteiger partial charge in [-0.15, -0.1) is 11.3 Å². The third-order valence-corrected chi connectivity index (χ3v) is 4.60. The highest BCUT2D eigenvalue weighted by Crippen LogP contribution is 2.27. The summed E-state index contributed by atoms with van der Waals surface area (Å²) in [6.45, 7) is 0. The van der Waals surface area contributed by atoms with Crippen LogP contribution in [0.15, 0.2) is 82.3 Å². The molecule has 0 N–H and O–H groups in total. The average Bonchev–Trinajstić information content (AvgIpc) is 3.11. The Bertz CT molecular complexity index is 960. The van der Waals surface area contributed by atoms with Crippen molar-refractivity contribution in [3.05, 3.63) is 82.6 Å². The topological polar surface area (TPSA) is 24.7 Å². The fraction of sp³-hybridized carbons (Fsp3) is 0. The van der Waals surface area contributed by atoms with Crippen molar-refractivity contribution < 1.29 is 0 Å². The van der Waals surface area contributed by atoms with E-state index in [2.05, 4.69) is 64.8 Å². The van der Waals surface area contributed by atoms with Crippen LogP contribution < -0.4 is 0 Å². The fourth-order valence-electron chi connectivity index (χ4n) is 2.73. The van der Waals surface area contributed by atoms with Crippen molar-refractivity contribution in [2.75, 3.05) is 0 Å². The van der Waals surface area contributed by atoms with E-state index in [4.69, 9.17) is 0 Å². The molecule has 23 heavy (non-hydrogen) atoms. The number of nitrogens with zero attached hydrogens (tertiary/aromatic N) is 2. The Morgan fingerprint density at radius 2 is 1.35 bits per heavy atom. The number of hydrogen-bond acceptors (Lipinski definition) is 3. The molecule has 3 aromatic carbocycles. The van der Waals surface area contributed by atoms with Crippen molar-refractivity contribution in [3.63, 3.8) is 0 Å². The van der Waals surface area contributed by atoms with Crippen molar-refractivity contribution in [1.82, 2.24) is 0 Å². The number of rotatable bonds is 3. The van der Waals surface area contributed by atoms with Crippen LogP contribution in [0.2, 0.25) is 0 Å². The Morgan fingerprint density at radius 3 is 2.00 bits per heavy atom. The lowest BCUT2D eigenvalue weighted by Crippen LogP contribution is -1.88. The molecule has 3 heteroatoms. The van der Waals surface area contributed by atoms with Gasteiger partial charge < -0.3 is 0 Å². The molecule has 110 valence electrons. The molecule has 0 amide bonds. The first-order chi connectivity index (χ1) is 11.4. The summed E-state index contributed by atoms with van der Waals surface area (Å²) in [6.07, 6.45) is 3.64. The van der Waals surface area contributed by atoms with Crippen LogP contribution in [-0.2, 0) is 0 Å². The smallest absolute Gasteiger partial charge is 0.0667 e. The molecule has 0 spiro atoms. The molecule has 4 rings (SSSR count). The summed E-state index contributed by atoms with van der Waals surface area (Å²) >= 11 is 1.65. The summed E-state index contributed by atoms with van der Waals surface area (Å²) in [5, 5.41) is 15.3. The van der Waals surface area contributed by atoms with Gasteiger partial charge in [-0.3, -0.25) is 0 Å². The first-order valence-corrected chi connectivity index (χ1v) is 8.30. The van der Waals surface area contributed by atoms with E-state index in [1.165, 1.54) is 21.5 Å². The lowest BCUT2D eigenvalue weighted by atomic mass is 9.97. The van der Waals surface area contributed by atoms with Gasteiger partial charge in [0, 0.05) is 10.4 Å². The third-order valence-electron chi connectivity index (χ3n) is 3.79. The Labute approximate surface area is 138 Å². The predicted molar refractivity (Wildman–Crippen MR) is 101 cm³/mol. The maximum Gasteiger partial charge on any atom is 0.0667 e. The van der Waals surface area contributed by atoms with Crippen LogP contribution in [0.1, 0.15) is 10.4 Å². The molecule has 0 fully saturated rings. The second-order valence-electron chi connectivity index (χ2n) is 5.24. The SMILES string of the molecule is C(=N\N=C\c1c2ccccc2cc2ccccc12)/c1cccs1. The first kappa shape index (κ1) is 13.9. The summed E-state index contributed by atoms with van der Waals surface area (Å²) < 4.78 is 0. The van der Waals surface area contributed by atoms with Gasteiger partial charge in [-0.2, -0.15) is 10.2 Å². The van der Waals surface area contributed by atoms with Crippen LogP contribution in [0.25, 0.3) is 21.5 Å². The third kappa shape index (κ3) is 2.79.